The predicted octanol–water partition coefficient (Wildman–Crippen LogP) is 3.42. The van der Waals surface area contributed by atoms with E-state index in [2.05, 4.69) is 5.10 Å². The molecule has 0 spiro atoms. The summed E-state index contributed by atoms with van der Waals surface area (Å²) in [6.45, 7) is 3.44. The second kappa shape index (κ2) is 5.57. The molecule has 1 atom stereocenters. The molecule has 4 rings (SSSR count). The van der Waals surface area contributed by atoms with Crippen molar-refractivity contribution in [1.29, 1.82) is 0 Å². The first kappa shape index (κ1) is 14.1. The summed E-state index contributed by atoms with van der Waals surface area (Å²) in [6, 6.07) is 9.97. The van der Waals surface area contributed by atoms with Gasteiger partial charge in [0, 0.05) is 30.9 Å². The molecule has 0 saturated carbocycles. The molecular weight excluding hydrogens is 290 g/mol. The Bertz CT molecular complexity index is 835. The van der Waals surface area contributed by atoms with E-state index in [1.54, 1.807) is 6.20 Å². The van der Waals surface area contributed by atoms with Crippen LogP contribution in [-0.4, -0.2) is 33.7 Å². The van der Waals surface area contributed by atoms with Crippen molar-refractivity contribution in [2.75, 3.05) is 13.1 Å². The standard InChI is InChI=1S/C18H19N3O2/c1-13-5-2-6-14-11-16(23-17(13)14)18(22)20-9-3-7-15(12-20)21-10-4-8-19-21/h2,4-6,8,10-11,15H,3,7,9,12H2,1H3. The zero-order valence-corrected chi connectivity index (χ0v) is 13.1. The molecule has 0 N–H and O–H groups in total. The fourth-order valence-electron chi connectivity index (χ4n) is 3.32. The van der Waals surface area contributed by atoms with Crippen LogP contribution in [0.1, 0.15) is 35.0 Å². The number of hydrogen-bond acceptors (Lipinski definition) is 3. The zero-order chi connectivity index (χ0) is 15.8. The van der Waals surface area contributed by atoms with E-state index in [9.17, 15) is 4.79 Å². The van der Waals surface area contributed by atoms with Crippen LogP contribution in [0.5, 0.6) is 0 Å². The lowest BCUT2D eigenvalue weighted by Crippen LogP contribution is -2.40. The summed E-state index contributed by atoms with van der Waals surface area (Å²) in [5, 5.41) is 5.29. The predicted molar refractivity (Wildman–Crippen MR) is 87.4 cm³/mol. The summed E-state index contributed by atoms with van der Waals surface area (Å²) in [4.78, 5) is 14.7. The van der Waals surface area contributed by atoms with Crippen LogP contribution < -0.4 is 0 Å². The number of para-hydroxylation sites is 1. The van der Waals surface area contributed by atoms with Crippen molar-refractivity contribution in [3.05, 3.63) is 54.0 Å². The van der Waals surface area contributed by atoms with Gasteiger partial charge in [0.25, 0.3) is 5.91 Å². The number of benzene rings is 1. The van der Waals surface area contributed by atoms with Gasteiger partial charge in [-0.1, -0.05) is 18.2 Å². The monoisotopic (exact) mass is 309 g/mol. The Kier molecular flexibility index (Phi) is 3.41. The lowest BCUT2D eigenvalue weighted by Gasteiger charge is -2.32. The number of fused-ring (bicyclic) bond motifs is 1. The van der Waals surface area contributed by atoms with Gasteiger partial charge in [-0.2, -0.15) is 5.10 Å². The van der Waals surface area contributed by atoms with Crippen LogP contribution in [0.2, 0.25) is 0 Å². The number of likely N-dealkylation sites (tertiary alicyclic amines) is 1. The molecule has 0 aliphatic carbocycles. The van der Waals surface area contributed by atoms with Gasteiger partial charge in [-0.3, -0.25) is 9.48 Å². The highest BCUT2D eigenvalue weighted by molar-refractivity contribution is 5.96. The largest absolute Gasteiger partial charge is 0.451 e. The molecule has 23 heavy (non-hydrogen) atoms. The first-order valence-corrected chi connectivity index (χ1v) is 8.00. The van der Waals surface area contributed by atoms with Crippen LogP contribution in [0.15, 0.2) is 47.1 Å². The molecule has 1 aliphatic rings. The minimum absolute atomic E-state index is 0.0301. The molecule has 5 heteroatoms. The number of carbonyl (C=O) groups excluding carboxylic acids is 1. The number of rotatable bonds is 2. The highest BCUT2D eigenvalue weighted by Crippen LogP contribution is 2.26. The van der Waals surface area contributed by atoms with Gasteiger partial charge >= 0.3 is 0 Å². The van der Waals surface area contributed by atoms with Gasteiger partial charge in [0.1, 0.15) is 5.58 Å². The van der Waals surface area contributed by atoms with Crippen molar-refractivity contribution < 1.29 is 9.21 Å². The van der Waals surface area contributed by atoms with E-state index in [-0.39, 0.29) is 11.9 Å². The smallest absolute Gasteiger partial charge is 0.289 e. The van der Waals surface area contributed by atoms with Crippen molar-refractivity contribution in [1.82, 2.24) is 14.7 Å². The van der Waals surface area contributed by atoms with E-state index >= 15 is 0 Å². The van der Waals surface area contributed by atoms with E-state index in [0.29, 0.717) is 12.3 Å². The molecule has 5 nitrogen and oxygen atoms in total. The SMILES string of the molecule is Cc1cccc2cc(C(=O)N3CCCC(n4cccn4)C3)oc12. The highest BCUT2D eigenvalue weighted by Gasteiger charge is 2.27. The van der Waals surface area contributed by atoms with E-state index < -0.39 is 0 Å². The second-order valence-corrected chi connectivity index (χ2v) is 6.14. The van der Waals surface area contributed by atoms with Crippen LogP contribution in [0.25, 0.3) is 11.0 Å². The van der Waals surface area contributed by atoms with Gasteiger partial charge in [-0.25, -0.2) is 0 Å². The van der Waals surface area contributed by atoms with Crippen LogP contribution in [-0.2, 0) is 0 Å². The number of furan rings is 1. The fraction of sp³-hybridized carbons (Fsp3) is 0.333. The molecule has 1 aliphatic heterocycles. The molecule has 1 saturated heterocycles. The summed E-state index contributed by atoms with van der Waals surface area (Å²) >= 11 is 0. The van der Waals surface area contributed by atoms with Crippen LogP contribution >= 0.6 is 0 Å². The molecule has 3 aromatic rings. The van der Waals surface area contributed by atoms with Crippen molar-refractivity contribution >= 4 is 16.9 Å². The molecule has 0 radical (unpaired) electrons. The van der Waals surface area contributed by atoms with E-state index in [4.69, 9.17) is 4.42 Å². The first-order chi connectivity index (χ1) is 11.2. The topological polar surface area (TPSA) is 51.3 Å². The number of aryl methyl sites for hydroxylation is 1. The number of piperidine rings is 1. The van der Waals surface area contributed by atoms with Gasteiger partial charge in [-0.15, -0.1) is 0 Å². The number of carbonyl (C=O) groups is 1. The highest BCUT2D eigenvalue weighted by atomic mass is 16.3. The average molecular weight is 309 g/mol. The lowest BCUT2D eigenvalue weighted by molar-refractivity contribution is 0.0643. The normalized spacial score (nSPS) is 18.5. The van der Waals surface area contributed by atoms with E-state index in [1.807, 2.05) is 53.0 Å². The molecule has 0 bridgehead atoms. The summed E-state index contributed by atoms with van der Waals surface area (Å²) in [5.74, 6) is 0.396. The number of hydrogen-bond donors (Lipinski definition) is 0. The van der Waals surface area contributed by atoms with Gasteiger partial charge < -0.3 is 9.32 Å². The Morgan fingerprint density at radius 3 is 3.04 bits per heavy atom. The maximum atomic E-state index is 12.8. The Balaban J connectivity index is 1.58. The van der Waals surface area contributed by atoms with Crippen molar-refractivity contribution in [2.24, 2.45) is 0 Å². The van der Waals surface area contributed by atoms with E-state index in [1.165, 1.54) is 0 Å². The first-order valence-electron chi connectivity index (χ1n) is 8.00. The Morgan fingerprint density at radius 1 is 1.35 bits per heavy atom. The average Bonchev–Trinajstić information content (AvgIpc) is 3.24. The number of nitrogens with zero attached hydrogens (tertiary/aromatic N) is 3. The Labute approximate surface area is 134 Å². The van der Waals surface area contributed by atoms with Crippen LogP contribution in [0.4, 0.5) is 0 Å². The summed E-state index contributed by atoms with van der Waals surface area (Å²) in [5.41, 5.74) is 1.85. The Hall–Kier alpha value is -2.56. The summed E-state index contributed by atoms with van der Waals surface area (Å²) < 4.78 is 7.77. The van der Waals surface area contributed by atoms with Gasteiger partial charge in [0.15, 0.2) is 5.76 Å². The molecule has 1 fully saturated rings. The maximum absolute atomic E-state index is 12.8. The van der Waals surface area contributed by atoms with Crippen LogP contribution in [0, 0.1) is 6.92 Å². The molecule has 1 unspecified atom stereocenters. The van der Waals surface area contributed by atoms with Crippen LogP contribution in [0.3, 0.4) is 0 Å². The fourth-order valence-corrected chi connectivity index (χ4v) is 3.32. The molecule has 2 aromatic heterocycles. The third kappa shape index (κ3) is 2.52. The molecular formula is C18H19N3O2. The van der Waals surface area contributed by atoms with Crippen molar-refractivity contribution in [3.8, 4) is 0 Å². The minimum Gasteiger partial charge on any atom is -0.451 e. The van der Waals surface area contributed by atoms with Crippen molar-refractivity contribution in [2.45, 2.75) is 25.8 Å². The minimum atomic E-state index is -0.0301. The summed E-state index contributed by atoms with van der Waals surface area (Å²) in [6.07, 6.45) is 5.77. The quantitative estimate of drug-likeness (QED) is 0.729. The van der Waals surface area contributed by atoms with Gasteiger partial charge in [0.05, 0.1) is 6.04 Å². The Morgan fingerprint density at radius 2 is 2.26 bits per heavy atom. The number of aromatic nitrogens is 2. The van der Waals surface area contributed by atoms with E-state index in [0.717, 1.165) is 35.9 Å². The maximum Gasteiger partial charge on any atom is 0.289 e. The van der Waals surface area contributed by atoms with Gasteiger partial charge in [-0.05, 0) is 37.5 Å². The molecule has 118 valence electrons. The van der Waals surface area contributed by atoms with Gasteiger partial charge in [0.2, 0.25) is 0 Å². The third-order valence-electron chi connectivity index (χ3n) is 4.53. The lowest BCUT2D eigenvalue weighted by atomic mass is 10.1. The molecule has 1 aromatic carbocycles. The van der Waals surface area contributed by atoms with Crippen molar-refractivity contribution in [3.63, 3.8) is 0 Å². The molecule has 3 heterocycles. The third-order valence-corrected chi connectivity index (χ3v) is 4.53. The second-order valence-electron chi connectivity index (χ2n) is 6.14. The number of amides is 1. The summed E-state index contributed by atoms with van der Waals surface area (Å²) in [7, 11) is 0. The zero-order valence-electron chi connectivity index (χ0n) is 13.1. The molecule has 1 amide bonds.